The van der Waals surface area contributed by atoms with Gasteiger partial charge in [0, 0.05) is 32.7 Å². The molecule has 3 heterocycles. The predicted octanol–water partition coefficient (Wildman–Crippen LogP) is -4.60. The Hall–Kier alpha value is -2.66. The smallest absolute Gasteiger partial charge is 0.332 e. The molecule has 0 aliphatic carbocycles. The van der Waals surface area contributed by atoms with Crippen molar-refractivity contribution in [1.82, 2.24) is 18.7 Å². The molecule has 1 fully saturated rings. The first-order chi connectivity index (χ1) is 15.0. The van der Waals surface area contributed by atoms with Gasteiger partial charge in [-0.15, -0.1) is 0 Å². The molecule has 0 saturated carbocycles. The normalized spacial score (nSPS) is 15.0. The zero-order chi connectivity index (χ0) is 22.0. The second-order valence-electron chi connectivity index (χ2n) is 7.87. The van der Waals surface area contributed by atoms with Crippen LogP contribution in [0.4, 0.5) is 5.95 Å². The van der Waals surface area contributed by atoms with Gasteiger partial charge in [0.05, 0.1) is 19.8 Å². The van der Waals surface area contributed by atoms with E-state index in [1.165, 1.54) is 17.2 Å². The molecule has 0 spiro atoms. The van der Waals surface area contributed by atoms with Crippen molar-refractivity contribution in [3.8, 4) is 0 Å². The van der Waals surface area contributed by atoms with E-state index in [0.717, 1.165) is 11.1 Å². The molecule has 1 aromatic carbocycles. The molecule has 32 heavy (non-hydrogen) atoms. The van der Waals surface area contributed by atoms with Gasteiger partial charge in [0.1, 0.15) is 19.2 Å². The molecule has 2 aromatic heterocycles. The molecule has 10 nitrogen and oxygen atoms in total. The molecule has 4 rings (SSSR count). The number of aliphatic hydroxyl groups is 1. The Bertz CT molecular complexity index is 1170. The number of fused-ring (bicyclic) bond motifs is 1. The summed E-state index contributed by atoms with van der Waals surface area (Å²) in [7, 11) is 3.06. The van der Waals surface area contributed by atoms with Crippen LogP contribution in [0.25, 0.3) is 11.2 Å². The number of anilines is 1. The Balaban J connectivity index is 0.00000289. The summed E-state index contributed by atoms with van der Waals surface area (Å²) in [6.07, 6.45) is -0.692. The largest absolute Gasteiger partial charge is 1.00 e. The van der Waals surface area contributed by atoms with Crippen LogP contribution in [-0.4, -0.2) is 62.7 Å². The van der Waals surface area contributed by atoms with E-state index in [9.17, 15) is 14.7 Å². The second kappa shape index (κ2) is 10.3. The molecule has 3 N–H and O–H groups in total. The molecular weight excluding hydrogens is 436 g/mol. The number of nitrogens with two attached hydrogens (primary N) is 1. The molecule has 174 valence electrons. The summed E-state index contributed by atoms with van der Waals surface area (Å²) in [5.74, 6) is 0.582. The van der Waals surface area contributed by atoms with E-state index < -0.39 is 17.4 Å². The van der Waals surface area contributed by atoms with Gasteiger partial charge in [-0.05, 0) is 0 Å². The minimum atomic E-state index is -0.692. The molecular formula is C21H29ClN6O4. The molecule has 11 heteroatoms. The Kier molecular flexibility index (Phi) is 7.73. The molecule has 1 saturated heterocycles. The Morgan fingerprint density at radius 3 is 2.50 bits per heavy atom. The maximum atomic E-state index is 13.0. The molecule has 1 atom stereocenters. The first-order valence-corrected chi connectivity index (χ1v) is 10.5. The Labute approximate surface area is 191 Å². The van der Waals surface area contributed by atoms with E-state index in [0.29, 0.717) is 50.0 Å². The van der Waals surface area contributed by atoms with Crippen molar-refractivity contribution in [2.45, 2.75) is 19.2 Å². The van der Waals surface area contributed by atoms with Crippen molar-refractivity contribution in [3.63, 3.8) is 0 Å². The number of ether oxygens (including phenoxy) is 1. The van der Waals surface area contributed by atoms with E-state index in [-0.39, 0.29) is 19.0 Å². The van der Waals surface area contributed by atoms with Crippen molar-refractivity contribution >= 4 is 17.1 Å². The van der Waals surface area contributed by atoms with Crippen LogP contribution in [-0.2, 0) is 31.9 Å². The number of aliphatic hydroxyl groups excluding tert-OH is 1. The lowest BCUT2D eigenvalue weighted by Crippen LogP contribution is -3.00. The first-order valence-electron chi connectivity index (χ1n) is 10.5. The van der Waals surface area contributed by atoms with Crippen LogP contribution in [0.3, 0.4) is 0 Å². The van der Waals surface area contributed by atoms with Crippen molar-refractivity contribution in [2.24, 2.45) is 14.1 Å². The highest BCUT2D eigenvalue weighted by Gasteiger charge is 2.25. The number of quaternary nitrogens is 1. The van der Waals surface area contributed by atoms with Crippen molar-refractivity contribution in [3.05, 3.63) is 56.7 Å². The number of imidazole rings is 1. The number of benzene rings is 1. The molecule has 1 aliphatic rings. The summed E-state index contributed by atoms with van der Waals surface area (Å²) in [5, 5.41) is 12.8. The second-order valence-corrected chi connectivity index (χ2v) is 7.87. The standard InChI is InChI=1S/C21H28N6O4.ClH/c1-24-18-17(19(29)25(2)21(24)30)27(20(23-18)26-8-10-31-11-9-26)14-16(28)13-22-12-15-6-4-3-5-7-15;/h3-7,16,22,28H,8-14H2,1-2H3;1H. The summed E-state index contributed by atoms with van der Waals surface area (Å²) >= 11 is 0. The number of halogens is 1. The Morgan fingerprint density at radius 2 is 1.81 bits per heavy atom. The first kappa shape index (κ1) is 24.0. The minimum Gasteiger partial charge on any atom is -1.00 e. The maximum Gasteiger partial charge on any atom is 0.332 e. The zero-order valence-corrected chi connectivity index (χ0v) is 19.0. The lowest BCUT2D eigenvalue weighted by atomic mass is 10.2. The number of morpholine rings is 1. The SMILES string of the molecule is Cn1c(=O)c2c(nc(N3CCOCC3)n2CC(O)C[NH2+]Cc2ccccc2)n(C)c1=O.[Cl-]. The van der Waals surface area contributed by atoms with E-state index in [1.54, 1.807) is 11.6 Å². The van der Waals surface area contributed by atoms with Crippen LogP contribution in [0.5, 0.6) is 0 Å². The number of aromatic nitrogens is 4. The summed E-state index contributed by atoms with van der Waals surface area (Å²) in [6, 6.07) is 10.1. The van der Waals surface area contributed by atoms with Gasteiger partial charge >= 0.3 is 5.69 Å². The van der Waals surface area contributed by atoms with Gasteiger partial charge in [-0.2, -0.15) is 4.98 Å². The highest BCUT2D eigenvalue weighted by molar-refractivity contribution is 5.74. The molecule has 0 bridgehead atoms. The van der Waals surface area contributed by atoms with Crippen LogP contribution in [0.15, 0.2) is 39.9 Å². The van der Waals surface area contributed by atoms with Crippen molar-refractivity contribution in [2.75, 3.05) is 37.7 Å². The van der Waals surface area contributed by atoms with Crippen LogP contribution >= 0.6 is 0 Å². The molecule has 0 amide bonds. The average Bonchev–Trinajstić information content (AvgIpc) is 3.16. The van der Waals surface area contributed by atoms with Crippen molar-refractivity contribution < 1.29 is 27.6 Å². The van der Waals surface area contributed by atoms with Crippen LogP contribution < -0.4 is 33.9 Å². The van der Waals surface area contributed by atoms with Gasteiger partial charge in [0.15, 0.2) is 11.2 Å². The van der Waals surface area contributed by atoms with Gasteiger partial charge in [-0.1, -0.05) is 30.3 Å². The lowest BCUT2D eigenvalue weighted by Gasteiger charge is -2.28. The summed E-state index contributed by atoms with van der Waals surface area (Å²) in [6.45, 7) is 3.84. The lowest BCUT2D eigenvalue weighted by molar-refractivity contribution is -0.676. The predicted molar refractivity (Wildman–Crippen MR) is 116 cm³/mol. The van der Waals surface area contributed by atoms with Gasteiger partial charge in [-0.3, -0.25) is 13.9 Å². The number of rotatable bonds is 7. The maximum absolute atomic E-state index is 13.0. The van der Waals surface area contributed by atoms with Gasteiger partial charge in [0.25, 0.3) is 5.56 Å². The fourth-order valence-electron chi connectivity index (χ4n) is 3.95. The number of nitrogens with zero attached hydrogens (tertiary/aromatic N) is 5. The Morgan fingerprint density at radius 1 is 1.12 bits per heavy atom. The van der Waals surface area contributed by atoms with Gasteiger partial charge < -0.3 is 37.0 Å². The van der Waals surface area contributed by atoms with E-state index >= 15 is 0 Å². The molecule has 0 radical (unpaired) electrons. The van der Waals surface area contributed by atoms with Gasteiger partial charge in [0.2, 0.25) is 5.95 Å². The number of aryl methyl sites for hydroxylation is 1. The van der Waals surface area contributed by atoms with E-state index in [4.69, 9.17) is 4.74 Å². The number of hydrogen-bond acceptors (Lipinski definition) is 6. The third-order valence-corrected chi connectivity index (χ3v) is 5.68. The summed E-state index contributed by atoms with van der Waals surface area (Å²) in [4.78, 5) is 32.0. The third kappa shape index (κ3) is 4.73. The monoisotopic (exact) mass is 464 g/mol. The summed E-state index contributed by atoms with van der Waals surface area (Å²) < 4.78 is 9.66. The summed E-state index contributed by atoms with van der Waals surface area (Å²) in [5.41, 5.74) is 1.00. The molecule has 1 aliphatic heterocycles. The van der Waals surface area contributed by atoms with Crippen LogP contribution in [0, 0.1) is 0 Å². The molecule has 3 aromatic rings. The molecule has 1 unspecified atom stereocenters. The zero-order valence-electron chi connectivity index (χ0n) is 18.3. The number of hydrogen-bond donors (Lipinski definition) is 2. The topological polar surface area (TPSA) is 111 Å². The quantitative estimate of drug-likeness (QED) is 0.364. The third-order valence-electron chi connectivity index (χ3n) is 5.68. The highest BCUT2D eigenvalue weighted by Crippen LogP contribution is 2.21. The van der Waals surface area contributed by atoms with E-state index in [2.05, 4.69) is 4.98 Å². The average molecular weight is 465 g/mol. The van der Waals surface area contributed by atoms with Crippen LogP contribution in [0.1, 0.15) is 5.56 Å². The van der Waals surface area contributed by atoms with Gasteiger partial charge in [-0.25, -0.2) is 4.79 Å². The van der Waals surface area contributed by atoms with Crippen molar-refractivity contribution in [1.29, 1.82) is 0 Å². The van der Waals surface area contributed by atoms with E-state index in [1.807, 2.05) is 40.5 Å². The fraction of sp³-hybridized carbons (Fsp3) is 0.476. The highest BCUT2D eigenvalue weighted by atomic mass is 35.5. The fourth-order valence-corrected chi connectivity index (χ4v) is 3.95. The van der Waals surface area contributed by atoms with Crippen LogP contribution in [0.2, 0.25) is 0 Å². The minimum absolute atomic E-state index is 0.